The Kier molecular flexibility index (Phi) is 5.46. The van der Waals surface area contributed by atoms with Crippen LogP contribution >= 0.6 is 0 Å². The van der Waals surface area contributed by atoms with Crippen LogP contribution in [0.25, 0.3) is 0 Å². The van der Waals surface area contributed by atoms with Crippen LogP contribution in [0.5, 0.6) is 0 Å². The number of hydrogen-bond acceptors (Lipinski definition) is 2. The number of hydrogen-bond donors (Lipinski definition) is 1. The first-order valence-corrected chi connectivity index (χ1v) is 8.61. The van der Waals surface area contributed by atoms with Crippen molar-refractivity contribution in [2.45, 2.75) is 52.9 Å². The van der Waals surface area contributed by atoms with Gasteiger partial charge in [-0.1, -0.05) is 42.2 Å². The lowest BCUT2D eigenvalue weighted by Gasteiger charge is -2.23. The van der Waals surface area contributed by atoms with Gasteiger partial charge in [0.1, 0.15) is 0 Å². The highest BCUT2D eigenvalue weighted by molar-refractivity contribution is 6.00. The zero-order valence-corrected chi connectivity index (χ0v) is 15.5. The maximum absolute atomic E-state index is 8.60. The fourth-order valence-electron chi connectivity index (χ4n) is 3.41. The van der Waals surface area contributed by atoms with E-state index < -0.39 is 0 Å². The number of nitrogens with zero attached hydrogens (tertiary/aromatic N) is 1. The Hall–Kier alpha value is -1.83. The Morgan fingerprint density at radius 3 is 2.39 bits per heavy atom. The van der Waals surface area contributed by atoms with Crippen LogP contribution < -0.4 is 4.90 Å². The Balaban J connectivity index is 2.51. The van der Waals surface area contributed by atoms with Crippen molar-refractivity contribution in [1.82, 2.24) is 0 Å². The monoisotopic (exact) mass is 310 g/mol. The van der Waals surface area contributed by atoms with E-state index in [0.29, 0.717) is 5.92 Å². The molecule has 0 heterocycles. The Bertz CT molecular complexity index is 662. The summed E-state index contributed by atoms with van der Waals surface area (Å²) in [5.74, 6) is 0.336. The second-order valence-corrected chi connectivity index (χ2v) is 6.94. The van der Waals surface area contributed by atoms with Gasteiger partial charge in [0, 0.05) is 37.0 Å². The quantitative estimate of drug-likeness (QED) is 0.671. The maximum atomic E-state index is 8.60. The Morgan fingerprint density at radius 1 is 1.17 bits per heavy atom. The number of unbranched alkanes of at least 4 members (excludes halogenated alkanes) is 1. The lowest BCUT2D eigenvalue weighted by Crippen LogP contribution is -2.13. The first-order valence-electron chi connectivity index (χ1n) is 8.61. The van der Waals surface area contributed by atoms with Gasteiger partial charge in [-0.25, -0.2) is 0 Å². The molecule has 124 valence electrons. The molecule has 0 saturated heterocycles. The summed E-state index contributed by atoms with van der Waals surface area (Å²) in [6, 6.07) is 6.61. The van der Waals surface area contributed by atoms with E-state index >= 15 is 0 Å². The third kappa shape index (κ3) is 3.57. The van der Waals surface area contributed by atoms with Crippen molar-refractivity contribution < 1.29 is 0 Å². The first-order chi connectivity index (χ1) is 10.9. The number of benzene rings is 1. The van der Waals surface area contributed by atoms with Crippen LogP contribution in [0.3, 0.4) is 0 Å². The summed E-state index contributed by atoms with van der Waals surface area (Å²) >= 11 is 0. The summed E-state index contributed by atoms with van der Waals surface area (Å²) in [6.07, 6.45) is 5.36. The van der Waals surface area contributed by atoms with Crippen LogP contribution in [0.15, 0.2) is 41.0 Å². The van der Waals surface area contributed by atoms with E-state index in [4.69, 9.17) is 5.41 Å². The zero-order chi connectivity index (χ0) is 17.1. The minimum absolute atomic E-state index is 0.336. The van der Waals surface area contributed by atoms with Gasteiger partial charge in [-0.3, -0.25) is 0 Å². The molecule has 0 radical (unpaired) electrons. The fraction of sp³-hybridized carbons (Fsp3) is 0.476. The fourth-order valence-corrected chi connectivity index (χ4v) is 3.41. The SMILES string of the molecule is CCCCC(=N)c1cc(N(C)C)ccc1C1C(C)=CC(C)=C1C. The van der Waals surface area contributed by atoms with Crippen molar-refractivity contribution in [2.24, 2.45) is 0 Å². The minimum Gasteiger partial charge on any atom is -0.378 e. The second-order valence-electron chi connectivity index (χ2n) is 6.94. The molecule has 23 heavy (non-hydrogen) atoms. The van der Waals surface area contributed by atoms with E-state index in [1.165, 1.54) is 28.0 Å². The van der Waals surface area contributed by atoms with Gasteiger partial charge in [0.2, 0.25) is 0 Å². The molecule has 2 heteroatoms. The molecule has 1 aromatic carbocycles. The molecule has 0 aromatic heterocycles. The predicted molar refractivity (Wildman–Crippen MR) is 102 cm³/mol. The second kappa shape index (κ2) is 7.16. The largest absolute Gasteiger partial charge is 0.378 e. The molecule has 0 amide bonds. The predicted octanol–water partition coefficient (Wildman–Crippen LogP) is 5.69. The average Bonchev–Trinajstić information content (AvgIpc) is 2.77. The number of anilines is 1. The van der Waals surface area contributed by atoms with Gasteiger partial charge in [0.25, 0.3) is 0 Å². The lowest BCUT2D eigenvalue weighted by atomic mass is 9.84. The topological polar surface area (TPSA) is 27.1 Å². The van der Waals surface area contributed by atoms with E-state index in [1.807, 2.05) is 0 Å². The molecule has 1 aromatic rings. The average molecular weight is 310 g/mol. The Labute approximate surface area is 141 Å². The number of rotatable bonds is 6. The van der Waals surface area contributed by atoms with Crippen LogP contribution in [0.2, 0.25) is 0 Å². The molecule has 1 aliphatic carbocycles. The summed E-state index contributed by atoms with van der Waals surface area (Å²) in [7, 11) is 4.12. The van der Waals surface area contributed by atoms with Gasteiger partial charge in [-0.05, 0) is 51.3 Å². The molecule has 1 N–H and O–H groups in total. The van der Waals surface area contributed by atoms with Gasteiger partial charge in [-0.15, -0.1) is 0 Å². The molecule has 0 bridgehead atoms. The van der Waals surface area contributed by atoms with Crippen molar-refractivity contribution in [3.8, 4) is 0 Å². The molecular weight excluding hydrogens is 280 g/mol. The summed E-state index contributed by atoms with van der Waals surface area (Å²) < 4.78 is 0. The maximum Gasteiger partial charge on any atom is 0.0390 e. The Morgan fingerprint density at radius 2 is 1.87 bits per heavy atom. The van der Waals surface area contributed by atoms with Crippen molar-refractivity contribution in [3.05, 3.63) is 52.1 Å². The van der Waals surface area contributed by atoms with Crippen LogP contribution in [0.1, 0.15) is 64.0 Å². The number of allylic oxidation sites excluding steroid dienone is 4. The third-order valence-electron chi connectivity index (χ3n) is 4.92. The van der Waals surface area contributed by atoms with E-state index in [2.05, 4.69) is 71.0 Å². The molecule has 1 aliphatic rings. The summed E-state index contributed by atoms with van der Waals surface area (Å²) in [5.41, 5.74) is 8.54. The lowest BCUT2D eigenvalue weighted by molar-refractivity contribution is 0.830. The highest BCUT2D eigenvalue weighted by atomic mass is 15.1. The van der Waals surface area contributed by atoms with Gasteiger partial charge in [0.05, 0.1) is 0 Å². The molecule has 0 aliphatic heterocycles. The molecule has 0 saturated carbocycles. The van der Waals surface area contributed by atoms with Gasteiger partial charge in [0.15, 0.2) is 0 Å². The van der Waals surface area contributed by atoms with E-state index in [0.717, 1.165) is 30.5 Å². The van der Waals surface area contributed by atoms with Crippen molar-refractivity contribution in [1.29, 1.82) is 5.41 Å². The summed E-state index contributed by atoms with van der Waals surface area (Å²) in [6.45, 7) is 8.82. The standard InChI is InChI=1S/C21H30N2/c1-7-8-9-20(22)19-13-17(23(5)6)10-11-18(19)21-15(3)12-14(2)16(21)4/h10-13,21-22H,7-9H2,1-6H3. The molecule has 1 atom stereocenters. The van der Waals surface area contributed by atoms with Crippen molar-refractivity contribution in [3.63, 3.8) is 0 Å². The van der Waals surface area contributed by atoms with Crippen molar-refractivity contribution >= 4 is 11.4 Å². The smallest absolute Gasteiger partial charge is 0.0390 e. The molecular formula is C21H30N2. The van der Waals surface area contributed by atoms with E-state index in [-0.39, 0.29) is 0 Å². The molecule has 0 fully saturated rings. The van der Waals surface area contributed by atoms with Crippen LogP contribution in [0, 0.1) is 5.41 Å². The molecule has 0 spiro atoms. The first kappa shape index (κ1) is 17.5. The van der Waals surface area contributed by atoms with E-state index in [1.54, 1.807) is 0 Å². The van der Waals surface area contributed by atoms with Crippen LogP contribution in [-0.4, -0.2) is 19.8 Å². The van der Waals surface area contributed by atoms with Gasteiger partial charge < -0.3 is 10.3 Å². The van der Waals surface area contributed by atoms with Crippen molar-refractivity contribution in [2.75, 3.05) is 19.0 Å². The third-order valence-corrected chi connectivity index (χ3v) is 4.92. The molecule has 1 unspecified atom stereocenters. The molecule has 2 nitrogen and oxygen atoms in total. The van der Waals surface area contributed by atoms with Gasteiger partial charge >= 0.3 is 0 Å². The molecule has 2 rings (SSSR count). The highest BCUT2D eigenvalue weighted by Gasteiger charge is 2.25. The summed E-state index contributed by atoms with van der Waals surface area (Å²) in [5, 5.41) is 8.60. The van der Waals surface area contributed by atoms with Crippen LogP contribution in [-0.2, 0) is 0 Å². The zero-order valence-electron chi connectivity index (χ0n) is 15.5. The van der Waals surface area contributed by atoms with Gasteiger partial charge in [-0.2, -0.15) is 0 Å². The normalized spacial score (nSPS) is 17.5. The summed E-state index contributed by atoms with van der Waals surface area (Å²) in [4.78, 5) is 2.12. The minimum atomic E-state index is 0.336. The number of nitrogens with one attached hydrogen (secondary N) is 1. The van der Waals surface area contributed by atoms with Crippen LogP contribution in [0.4, 0.5) is 5.69 Å². The highest BCUT2D eigenvalue weighted by Crippen LogP contribution is 2.41. The van der Waals surface area contributed by atoms with E-state index in [9.17, 15) is 0 Å².